The SMILES string of the molecule is C[C@H]1CC(C=O)c2ccsc2S1. The zero-order chi connectivity index (χ0) is 8.55. The summed E-state index contributed by atoms with van der Waals surface area (Å²) in [7, 11) is 0. The van der Waals surface area contributed by atoms with E-state index in [0.717, 1.165) is 12.7 Å². The summed E-state index contributed by atoms with van der Waals surface area (Å²) >= 11 is 3.65. The highest BCUT2D eigenvalue weighted by molar-refractivity contribution is 8.01. The number of hydrogen-bond acceptors (Lipinski definition) is 3. The van der Waals surface area contributed by atoms with E-state index in [4.69, 9.17) is 0 Å². The lowest BCUT2D eigenvalue weighted by atomic mass is 9.98. The Bertz CT molecular complexity index is 292. The molecule has 0 bridgehead atoms. The average Bonchev–Trinajstić information content (AvgIpc) is 2.50. The summed E-state index contributed by atoms with van der Waals surface area (Å²) in [5.74, 6) is 0.155. The minimum atomic E-state index is 0.155. The summed E-state index contributed by atoms with van der Waals surface area (Å²) in [6, 6.07) is 2.08. The van der Waals surface area contributed by atoms with Crippen molar-refractivity contribution in [2.45, 2.75) is 28.7 Å². The first-order valence-electron chi connectivity index (χ1n) is 4.00. The molecule has 2 atom stereocenters. The van der Waals surface area contributed by atoms with Crippen LogP contribution in [0, 0.1) is 0 Å². The Morgan fingerprint density at radius 1 is 1.67 bits per heavy atom. The summed E-state index contributed by atoms with van der Waals surface area (Å²) in [4.78, 5) is 10.8. The van der Waals surface area contributed by atoms with Gasteiger partial charge < -0.3 is 4.79 Å². The van der Waals surface area contributed by atoms with Crippen LogP contribution in [-0.2, 0) is 4.79 Å². The first kappa shape index (κ1) is 8.32. The van der Waals surface area contributed by atoms with Crippen LogP contribution in [0.1, 0.15) is 24.8 Å². The van der Waals surface area contributed by atoms with E-state index in [9.17, 15) is 4.79 Å². The van der Waals surface area contributed by atoms with Crippen molar-refractivity contribution >= 4 is 29.4 Å². The highest BCUT2D eigenvalue weighted by Crippen LogP contribution is 2.43. The van der Waals surface area contributed by atoms with Gasteiger partial charge in [0.1, 0.15) is 6.29 Å². The standard InChI is InChI=1S/C9H10OS2/c1-6-4-7(5-10)8-2-3-11-9(8)12-6/h2-3,5-7H,4H2,1H3/t6-,7?/m0/s1. The van der Waals surface area contributed by atoms with E-state index in [1.807, 2.05) is 11.8 Å². The van der Waals surface area contributed by atoms with Crippen molar-refractivity contribution in [1.29, 1.82) is 0 Å². The van der Waals surface area contributed by atoms with Gasteiger partial charge in [-0.05, 0) is 23.4 Å². The van der Waals surface area contributed by atoms with E-state index in [1.165, 1.54) is 9.77 Å². The molecule has 0 N–H and O–H groups in total. The topological polar surface area (TPSA) is 17.1 Å². The van der Waals surface area contributed by atoms with Crippen molar-refractivity contribution < 1.29 is 4.79 Å². The maximum Gasteiger partial charge on any atom is 0.127 e. The van der Waals surface area contributed by atoms with Crippen LogP contribution in [0.4, 0.5) is 0 Å². The lowest BCUT2D eigenvalue weighted by Gasteiger charge is -2.22. The molecule has 0 saturated carbocycles. The number of rotatable bonds is 1. The molecule has 1 unspecified atom stereocenters. The van der Waals surface area contributed by atoms with E-state index in [2.05, 4.69) is 18.4 Å². The van der Waals surface area contributed by atoms with E-state index in [-0.39, 0.29) is 5.92 Å². The van der Waals surface area contributed by atoms with Crippen molar-refractivity contribution in [3.05, 3.63) is 17.0 Å². The van der Waals surface area contributed by atoms with Crippen molar-refractivity contribution in [2.24, 2.45) is 0 Å². The molecule has 0 aliphatic carbocycles. The highest BCUT2D eigenvalue weighted by Gasteiger charge is 2.25. The molecule has 1 aromatic heterocycles. The lowest BCUT2D eigenvalue weighted by molar-refractivity contribution is -0.109. The van der Waals surface area contributed by atoms with Gasteiger partial charge in [0.25, 0.3) is 0 Å². The van der Waals surface area contributed by atoms with Crippen LogP contribution in [0.15, 0.2) is 15.7 Å². The fourth-order valence-corrected chi connectivity index (χ4v) is 4.12. The quantitative estimate of drug-likeness (QED) is 0.645. The molecule has 1 nitrogen and oxygen atoms in total. The summed E-state index contributed by atoms with van der Waals surface area (Å²) < 4.78 is 1.34. The van der Waals surface area contributed by atoms with Gasteiger partial charge in [0.2, 0.25) is 0 Å². The zero-order valence-electron chi connectivity index (χ0n) is 6.82. The average molecular weight is 198 g/mol. The summed E-state index contributed by atoms with van der Waals surface area (Å²) in [6.07, 6.45) is 2.08. The molecule has 0 amide bonds. The Morgan fingerprint density at radius 2 is 2.50 bits per heavy atom. The minimum absolute atomic E-state index is 0.155. The van der Waals surface area contributed by atoms with Crippen LogP contribution < -0.4 is 0 Å². The third-order valence-corrected chi connectivity index (χ3v) is 4.46. The maximum absolute atomic E-state index is 10.8. The van der Waals surface area contributed by atoms with Gasteiger partial charge in [-0.25, -0.2) is 0 Å². The summed E-state index contributed by atoms with van der Waals surface area (Å²) in [6.45, 7) is 2.18. The molecule has 3 heteroatoms. The van der Waals surface area contributed by atoms with Crippen LogP contribution in [0.2, 0.25) is 0 Å². The van der Waals surface area contributed by atoms with Gasteiger partial charge in [-0.2, -0.15) is 0 Å². The normalized spacial score (nSPS) is 28.1. The van der Waals surface area contributed by atoms with Crippen LogP contribution in [0.5, 0.6) is 0 Å². The fraction of sp³-hybridized carbons (Fsp3) is 0.444. The molecule has 12 heavy (non-hydrogen) atoms. The third kappa shape index (κ3) is 1.31. The molecule has 2 heterocycles. The molecule has 0 fully saturated rings. The van der Waals surface area contributed by atoms with Crippen molar-refractivity contribution in [2.75, 3.05) is 0 Å². The van der Waals surface area contributed by atoms with Gasteiger partial charge in [-0.3, -0.25) is 0 Å². The maximum atomic E-state index is 10.8. The number of carbonyl (C=O) groups is 1. The number of thiophene rings is 1. The molecule has 1 aliphatic heterocycles. The molecule has 0 spiro atoms. The Kier molecular flexibility index (Phi) is 2.24. The van der Waals surface area contributed by atoms with E-state index in [1.54, 1.807) is 11.3 Å². The van der Waals surface area contributed by atoms with Crippen LogP contribution in [0.3, 0.4) is 0 Å². The van der Waals surface area contributed by atoms with Crippen LogP contribution in [0.25, 0.3) is 0 Å². The Labute approximate surface area is 80.2 Å². The van der Waals surface area contributed by atoms with Gasteiger partial charge in [-0.1, -0.05) is 6.92 Å². The van der Waals surface area contributed by atoms with E-state index >= 15 is 0 Å². The first-order chi connectivity index (χ1) is 5.81. The Balaban J connectivity index is 2.37. The minimum Gasteiger partial charge on any atom is -0.303 e. The number of carbonyl (C=O) groups excluding carboxylic acids is 1. The fourth-order valence-electron chi connectivity index (χ4n) is 1.52. The van der Waals surface area contributed by atoms with Gasteiger partial charge >= 0.3 is 0 Å². The summed E-state index contributed by atoms with van der Waals surface area (Å²) in [5.41, 5.74) is 1.25. The second kappa shape index (κ2) is 3.23. The van der Waals surface area contributed by atoms with E-state index < -0.39 is 0 Å². The molecular weight excluding hydrogens is 188 g/mol. The monoisotopic (exact) mass is 198 g/mol. The molecule has 1 aliphatic rings. The lowest BCUT2D eigenvalue weighted by Crippen LogP contribution is -2.12. The molecule has 0 aromatic carbocycles. The molecule has 2 rings (SSSR count). The second-order valence-electron chi connectivity index (χ2n) is 3.07. The Morgan fingerprint density at radius 3 is 3.25 bits per heavy atom. The van der Waals surface area contributed by atoms with Crippen molar-refractivity contribution in [3.8, 4) is 0 Å². The van der Waals surface area contributed by atoms with Crippen molar-refractivity contribution in [1.82, 2.24) is 0 Å². The summed E-state index contributed by atoms with van der Waals surface area (Å²) in [5, 5.41) is 2.66. The van der Waals surface area contributed by atoms with Gasteiger partial charge in [0.05, 0.1) is 4.21 Å². The smallest absolute Gasteiger partial charge is 0.127 e. The first-order valence-corrected chi connectivity index (χ1v) is 5.76. The molecule has 1 aromatic rings. The second-order valence-corrected chi connectivity index (χ2v) is 5.69. The number of fused-ring (bicyclic) bond motifs is 1. The molecule has 64 valence electrons. The van der Waals surface area contributed by atoms with Crippen molar-refractivity contribution in [3.63, 3.8) is 0 Å². The van der Waals surface area contributed by atoms with Crippen LogP contribution >= 0.6 is 23.1 Å². The third-order valence-electron chi connectivity index (χ3n) is 2.12. The molecule has 0 radical (unpaired) electrons. The van der Waals surface area contributed by atoms with Gasteiger partial charge in [-0.15, -0.1) is 23.1 Å². The zero-order valence-corrected chi connectivity index (χ0v) is 8.45. The number of hydrogen-bond donors (Lipinski definition) is 0. The van der Waals surface area contributed by atoms with Gasteiger partial charge in [0.15, 0.2) is 0 Å². The van der Waals surface area contributed by atoms with Crippen LogP contribution in [-0.4, -0.2) is 11.5 Å². The molecule has 0 saturated heterocycles. The number of thioether (sulfide) groups is 1. The number of aldehydes is 1. The highest BCUT2D eigenvalue weighted by atomic mass is 32.2. The predicted molar refractivity (Wildman–Crippen MR) is 53.1 cm³/mol. The predicted octanol–water partition coefficient (Wildman–Crippen LogP) is 2.91. The largest absolute Gasteiger partial charge is 0.303 e. The van der Waals surface area contributed by atoms with E-state index in [0.29, 0.717) is 5.25 Å². The van der Waals surface area contributed by atoms with Gasteiger partial charge in [0, 0.05) is 11.2 Å². The molecular formula is C9H10OS2. The Hall–Kier alpha value is -0.280.